The molecule has 0 saturated carbocycles. The largest absolute Gasteiger partial charge is 0.495 e. The van der Waals surface area contributed by atoms with Gasteiger partial charge in [-0.1, -0.05) is 17.7 Å². The van der Waals surface area contributed by atoms with E-state index >= 15 is 0 Å². The van der Waals surface area contributed by atoms with E-state index in [-0.39, 0.29) is 5.91 Å². The molecule has 0 unspecified atom stereocenters. The molecule has 5 heteroatoms. The number of methoxy groups -OCH3 is 1. The first-order valence-electron chi connectivity index (χ1n) is 5.79. The quantitative estimate of drug-likeness (QED) is 0.939. The van der Waals surface area contributed by atoms with Crippen molar-refractivity contribution in [3.8, 4) is 11.8 Å². The Hall–Kier alpha value is -2.51. The Morgan fingerprint density at radius 1 is 1.30 bits per heavy atom. The molecule has 0 bridgehead atoms. The molecular formula is C15H11ClN2O2. The van der Waals surface area contributed by atoms with Crippen molar-refractivity contribution in [3.05, 3.63) is 58.6 Å². The van der Waals surface area contributed by atoms with Crippen molar-refractivity contribution in [2.24, 2.45) is 0 Å². The van der Waals surface area contributed by atoms with Gasteiger partial charge in [0.2, 0.25) is 0 Å². The minimum Gasteiger partial charge on any atom is -0.495 e. The first kappa shape index (κ1) is 13.9. The van der Waals surface area contributed by atoms with Crippen LogP contribution in [0.1, 0.15) is 15.9 Å². The first-order valence-corrected chi connectivity index (χ1v) is 6.17. The zero-order chi connectivity index (χ0) is 14.5. The maximum Gasteiger partial charge on any atom is 0.255 e. The molecule has 4 nitrogen and oxygen atoms in total. The van der Waals surface area contributed by atoms with Gasteiger partial charge in [-0.05, 0) is 36.4 Å². The van der Waals surface area contributed by atoms with E-state index in [4.69, 9.17) is 21.6 Å². The number of ether oxygens (including phenoxy) is 1. The summed E-state index contributed by atoms with van der Waals surface area (Å²) in [5, 5.41) is 12.0. The normalized spacial score (nSPS) is 9.65. The first-order chi connectivity index (χ1) is 9.63. The number of amides is 1. The molecule has 0 radical (unpaired) electrons. The molecule has 0 saturated heterocycles. The molecule has 0 atom stereocenters. The highest BCUT2D eigenvalue weighted by molar-refractivity contribution is 6.31. The van der Waals surface area contributed by atoms with E-state index in [2.05, 4.69) is 5.32 Å². The number of carbonyl (C=O) groups is 1. The lowest BCUT2D eigenvalue weighted by atomic mass is 10.1. The van der Waals surface area contributed by atoms with Crippen molar-refractivity contribution in [2.75, 3.05) is 12.4 Å². The molecule has 100 valence electrons. The van der Waals surface area contributed by atoms with Crippen molar-refractivity contribution in [1.29, 1.82) is 5.26 Å². The average molecular weight is 287 g/mol. The van der Waals surface area contributed by atoms with Gasteiger partial charge in [0.25, 0.3) is 5.91 Å². The van der Waals surface area contributed by atoms with Crippen LogP contribution in [0.5, 0.6) is 5.75 Å². The summed E-state index contributed by atoms with van der Waals surface area (Å²) in [5.74, 6) is 0.182. The van der Waals surface area contributed by atoms with Crippen LogP contribution in [0, 0.1) is 11.3 Å². The topological polar surface area (TPSA) is 62.1 Å². The molecule has 20 heavy (non-hydrogen) atoms. The molecular weight excluding hydrogens is 276 g/mol. The summed E-state index contributed by atoms with van der Waals surface area (Å²) in [6, 6.07) is 13.4. The number of hydrogen-bond donors (Lipinski definition) is 1. The highest BCUT2D eigenvalue weighted by Crippen LogP contribution is 2.28. The van der Waals surface area contributed by atoms with Gasteiger partial charge < -0.3 is 10.1 Å². The van der Waals surface area contributed by atoms with Crippen molar-refractivity contribution in [3.63, 3.8) is 0 Å². The van der Waals surface area contributed by atoms with Crippen molar-refractivity contribution < 1.29 is 9.53 Å². The standard InChI is InChI=1S/C15H11ClN2O2/c1-20-14-6-5-12(16)8-13(14)18-15(19)11-4-2-3-10(7-11)9-17/h2-8H,1H3,(H,18,19). The summed E-state index contributed by atoms with van der Waals surface area (Å²) >= 11 is 5.90. The molecule has 0 aliphatic carbocycles. The highest BCUT2D eigenvalue weighted by atomic mass is 35.5. The second-order valence-electron chi connectivity index (χ2n) is 3.99. The zero-order valence-electron chi connectivity index (χ0n) is 10.7. The van der Waals surface area contributed by atoms with E-state index in [1.165, 1.54) is 13.2 Å². The molecule has 1 amide bonds. The van der Waals surface area contributed by atoms with Gasteiger partial charge in [-0.25, -0.2) is 0 Å². The highest BCUT2D eigenvalue weighted by Gasteiger charge is 2.10. The van der Waals surface area contributed by atoms with Crippen molar-refractivity contribution in [2.45, 2.75) is 0 Å². The maximum absolute atomic E-state index is 12.1. The molecule has 2 aromatic rings. The minimum atomic E-state index is -0.331. The van der Waals surface area contributed by atoms with E-state index in [0.29, 0.717) is 27.6 Å². The van der Waals surface area contributed by atoms with Gasteiger partial charge in [0.1, 0.15) is 5.75 Å². The fourth-order valence-corrected chi connectivity index (χ4v) is 1.87. The molecule has 0 aliphatic rings. The SMILES string of the molecule is COc1ccc(Cl)cc1NC(=O)c1cccc(C#N)c1. The molecule has 1 N–H and O–H groups in total. The van der Waals surface area contributed by atoms with Crippen LogP contribution in [-0.4, -0.2) is 13.0 Å². The number of hydrogen-bond acceptors (Lipinski definition) is 3. The maximum atomic E-state index is 12.1. The number of benzene rings is 2. The molecule has 0 aliphatic heterocycles. The number of halogens is 1. The van der Waals surface area contributed by atoms with Crippen molar-refractivity contribution in [1.82, 2.24) is 0 Å². The second kappa shape index (κ2) is 6.09. The number of nitriles is 1. The van der Waals surface area contributed by atoms with Crippen LogP contribution >= 0.6 is 11.6 Å². The molecule has 0 fully saturated rings. The second-order valence-corrected chi connectivity index (χ2v) is 4.43. The van der Waals surface area contributed by atoms with Crippen LogP contribution in [0.25, 0.3) is 0 Å². The molecule has 0 aromatic heterocycles. The molecule has 2 rings (SSSR count). The van der Waals surface area contributed by atoms with E-state index in [1.807, 2.05) is 6.07 Å². The summed E-state index contributed by atoms with van der Waals surface area (Å²) < 4.78 is 5.16. The number of rotatable bonds is 3. The Kier molecular flexibility index (Phi) is 4.24. The number of nitrogens with one attached hydrogen (secondary N) is 1. The minimum absolute atomic E-state index is 0.331. The van der Waals surface area contributed by atoms with Crippen LogP contribution in [0.2, 0.25) is 5.02 Å². The van der Waals surface area contributed by atoms with Gasteiger partial charge in [-0.3, -0.25) is 4.79 Å². The van der Waals surface area contributed by atoms with Gasteiger partial charge in [0.15, 0.2) is 0 Å². The smallest absolute Gasteiger partial charge is 0.255 e. The van der Waals surface area contributed by atoms with Gasteiger partial charge >= 0.3 is 0 Å². The van der Waals surface area contributed by atoms with Crippen LogP contribution in [-0.2, 0) is 0 Å². The van der Waals surface area contributed by atoms with Gasteiger partial charge in [-0.15, -0.1) is 0 Å². The Balaban J connectivity index is 2.27. The Morgan fingerprint density at radius 3 is 2.80 bits per heavy atom. The average Bonchev–Trinajstić information content (AvgIpc) is 2.47. The van der Waals surface area contributed by atoms with E-state index in [1.54, 1.807) is 36.4 Å². The predicted molar refractivity (Wildman–Crippen MR) is 77.1 cm³/mol. The fourth-order valence-electron chi connectivity index (χ4n) is 1.70. The lowest BCUT2D eigenvalue weighted by Gasteiger charge is -2.10. The third-order valence-corrected chi connectivity index (χ3v) is 2.90. The third-order valence-electron chi connectivity index (χ3n) is 2.66. The summed E-state index contributed by atoms with van der Waals surface area (Å²) in [7, 11) is 1.51. The lowest BCUT2D eigenvalue weighted by molar-refractivity contribution is 0.102. The Morgan fingerprint density at radius 2 is 2.10 bits per heavy atom. The number of carbonyl (C=O) groups excluding carboxylic acids is 1. The van der Waals surface area contributed by atoms with Crippen LogP contribution in [0.3, 0.4) is 0 Å². The summed E-state index contributed by atoms with van der Waals surface area (Å²) in [5.41, 5.74) is 1.30. The molecule has 0 heterocycles. The van der Waals surface area contributed by atoms with Gasteiger partial charge in [0.05, 0.1) is 24.4 Å². The molecule has 2 aromatic carbocycles. The molecule has 0 spiro atoms. The van der Waals surface area contributed by atoms with Crippen molar-refractivity contribution >= 4 is 23.2 Å². The zero-order valence-corrected chi connectivity index (χ0v) is 11.4. The van der Waals surface area contributed by atoms with E-state index in [0.717, 1.165) is 0 Å². The number of nitrogens with zero attached hydrogens (tertiary/aromatic N) is 1. The van der Waals surface area contributed by atoms with Crippen LogP contribution < -0.4 is 10.1 Å². The van der Waals surface area contributed by atoms with Crippen LogP contribution in [0.4, 0.5) is 5.69 Å². The van der Waals surface area contributed by atoms with E-state index in [9.17, 15) is 4.79 Å². The fraction of sp³-hybridized carbons (Fsp3) is 0.0667. The van der Waals surface area contributed by atoms with E-state index < -0.39 is 0 Å². The Labute approximate surface area is 121 Å². The third kappa shape index (κ3) is 3.08. The monoisotopic (exact) mass is 286 g/mol. The number of anilines is 1. The summed E-state index contributed by atoms with van der Waals surface area (Å²) in [6.45, 7) is 0. The lowest BCUT2D eigenvalue weighted by Crippen LogP contribution is -2.12. The predicted octanol–water partition coefficient (Wildman–Crippen LogP) is 3.47. The summed E-state index contributed by atoms with van der Waals surface area (Å²) in [6.07, 6.45) is 0. The Bertz CT molecular complexity index is 693. The van der Waals surface area contributed by atoms with Gasteiger partial charge in [-0.2, -0.15) is 5.26 Å². The summed E-state index contributed by atoms with van der Waals surface area (Å²) in [4.78, 5) is 12.1. The van der Waals surface area contributed by atoms with Gasteiger partial charge in [0, 0.05) is 10.6 Å². The van der Waals surface area contributed by atoms with Crippen LogP contribution in [0.15, 0.2) is 42.5 Å².